The van der Waals surface area contributed by atoms with Crippen molar-refractivity contribution in [1.82, 2.24) is 9.55 Å². The first-order valence-electron chi connectivity index (χ1n) is 3.94. The van der Waals surface area contributed by atoms with Gasteiger partial charge in [-0.3, -0.25) is 0 Å². The van der Waals surface area contributed by atoms with Gasteiger partial charge in [0.2, 0.25) is 0 Å². The van der Waals surface area contributed by atoms with Crippen molar-refractivity contribution in [3.05, 3.63) is 29.0 Å². The molecule has 2 aromatic rings. The van der Waals surface area contributed by atoms with Crippen molar-refractivity contribution in [2.24, 2.45) is 7.05 Å². The number of fused-ring (bicyclic) bond motifs is 1. The van der Waals surface area contributed by atoms with Gasteiger partial charge in [-0.1, -0.05) is 17.7 Å². The number of nitrogens with zero attached hydrogens (tertiary/aromatic N) is 2. The Morgan fingerprint density at radius 2 is 2.31 bits per heavy atom. The molecule has 4 heteroatoms. The highest BCUT2D eigenvalue weighted by Crippen LogP contribution is 2.23. The second-order valence-electron chi connectivity index (χ2n) is 2.85. The van der Waals surface area contributed by atoms with Crippen molar-refractivity contribution in [3.8, 4) is 0 Å². The van der Waals surface area contributed by atoms with E-state index >= 15 is 0 Å². The van der Waals surface area contributed by atoms with E-state index in [0.717, 1.165) is 11.0 Å². The Balaban J connectivity index is 2.85. The molecule has 0 aliphatic rings. The average Bonchev–Trinajstić information content (AvgIpc) is 2.44. The highest BCUT2D eigenvalue weighted by Gasteiger charge is 2.08. The summed E-state index contributed by atoms with van der Waals surface area (Å²) in [4.78, 5) is 4.22. The van der Waals surface area contributed by atoms with E-state index in [0.29, 0.717) is 10.8 Å². The quantitative estimate of drug-likeness (QED) is 0.754. The molecule has 3 nitrogen and oxygen atoms in total. The molecule has 0 saturated carbocycles. The van der Waals surface area contributed by atoms with Gasteiger partial charge in [-0.25, -0.2) is 4.98 Å². The number of aliphatic hydroxyl groups is 1. The summed E-state index contributed by atoms with van der Waals surface area (Å²) in [6.45, 7) is -0.0679. The van der Waals surface area contributed by atoms with Gasteiger partial charge in [-0.2, -0.15) is 0 Å². The lowest BCUT2D eigenvalue weighted by Gasteiger charge is -1.98. The average molecular weight is 197 g/mol. The fraction of sp³-hybridized carbons (Fsp3) is 0.222. The third-order valence-electron chi connectivity index (χ3n) is 2.08. The van der Waals surface area contributed by atoms with Crippen LogP contribution in [-0.2, 0) is 13.7 Å². The third-order valence-corrected chi connectivity index (χ3v) is 2.38. The number of hydrogen-bond donors (Lipinski definition) is 1. The van der Waals surface area contributed by atoms with E-state index in [1.165, 1.54) is 0 Å². The van der Waals surface area contributed by atoms with Crippen LogP contribution in [0.1, 0.15) is 5.82 Å². The molecule has 1 aromatic carbocycles. The van der Waals surface area contributed by atoms with E-state index < -0.39 is 0 Å². The van der Waals surface area contributed by atoms with Crippen LogP contribution in [0.4, 0.5) is 0 Å². The summed E-state index contributed by atoms with van der Waals surface area (Å²) in [5.41, 5.74) is 1.69. The van der Waals surface area contributed by atoms with E-state index in [-0.39, 0.29) is 6.61 Å². The van der Waals surface area contributed by atoms with Crippen LogP contribution in [0.25, 0.3) is 11.0 Å². The highest BCUT2D eigenvalue weighted by atomic mass is 35.5. The number of hydrogen-bond acceptors (Lipinski definition) is 2. The molecule has 0 unspecified atom stereocenters. The summed E-state index contributed by atoms with van der Waals surface area (Å²) in [6.07, 6.45) is 0. The van der Waals surface area contributed by atoms with Crippen LogP contribution in [0.3, 0.4) is 0 Å². The van der Waals surface area contributed by atoms with E-state index in [1.54, 1.807) is 4.57 Å². The summed E-state index contributed by atoms with van der Waals surface area (Å²) >= 11 is 5.99. The second kappa shape index (κ2) is 3.01. The molecule has 0 bridgehead atoms. The van der Waals surface area contributed by atoms with Crippen molar-refractivity contribution in [2.45, 2.75) is 6.61 Å². The molecule has 0 spiro atoms. The van der Waals surface area contributed by atoms with Gasteiger partial charge < -0.3 is 9.67 Å². The molecular weight excluding hydrogens is 188 g/mol. The van der Waals surface area contributed by atoms with Gasteiger partial charge in [0, 0.05) is 7.05 Å². The van der Waals surface area contributed by atoms with Crippen LogP contribution in [-0.4, -0.2) is 14.7 Å². The number of aryl methyl sites for hydroxylation is 1. The molecule has 0 atom stereocenters. The van der Waals surface area contributed by atoms with Crippen LogP contribution in [0, 0.1) is 0 Å². The van der Waals surface area contributed by atoms with E-state index in [9.17, 15) is 0 Å². The topological polar surface area (TPSA) is 38.0 Å². The van der Waals surface area contributed by atoms with Gasteiger partial charge in [0.25, 0.3) is 0 Å². The smallest absolute Gasteiger partial charge is 0.135 e. The number of benzene rings is 1. The SMILES string of the molecule is Cn1c(CO)nc2cccc(Cl)c21. The maximum absolute atomic E-state index is 8.98. The molecule has 13 heavy (non-hydrogen) atoms. The van der Waals surface area contributed by atoms with Crippen LogP contribution in [0.15, 0.2) is 18.2 Å². The lowest BCUT2D eigenvalue weighted by atomic mass is 10.3. The van der Waals surface area contributed by atoms with Crippen LogP contribution >= 0.6 is 11.6 Å². The largest absolute Gasteiger partial charge is 0.388 e. The summed E-state index contributed by atoms with van der Waals surface area (Å²) in [5, 5.41) is 9.64. The molecule has 2 rings (SSSR count). The molecule has 1 aromatic heterocycles. The highest BCUT2D eigenvalue weighted by molar-refractivity contribution is 6.34. The summed E-state index contributed by atoms with van der Waals surface area (Å²) in [6, 6.07) is 5.53. The Kier molecular flexibility index (Phi) is 1.98. The Hall–Kier alpha value is -1.06. The molecule has 0 aliphatic carbocycles. The van der Waals surface area contributed by atoms with Crippen molar-refractivity contribution in [3.63, 3.8) is 0 Å². The standard InChI is InChI=1S/C9H9ClN2O/c1-12-8(5-13)11-7-4-2-3-6(10)9(7)12/h2-4,13H,5H2,1H3. The van der Waals surface area contributed by atoms with Gasteiger partial charge in [-0.15, -0.1) is 0 Å². The first-order valence-corrected chi connectivity index (χ1v) is 4.32. The zero-order chi connectivity index (χ0) is 9.42. The zero-order valence-corrected chi connectivity index (χ0v) is 7.91. The number of rotatable bonds is 1. The monoisotopic (exact) mass is 196 g/mol. The maximum atomic E-state index is 8.98. The minimum absolute atomic E-state index is 0.0679. The Morgan fingerprint density at radius 1 is 1.54 bits per heavy atom. The Morgan fingerprint density at radius 3 is 2.92 bits per heavy atom. The number of halogens is 1. The van der Waals surface area contributed by atoms with E-state index in [4.69, 9.17) is 16.7 Å². The summed E-state index contributed by atoms with van der Waals surface area (Å²) in [7, 11) is 1.84. The number of para-hydroxylation sites is 1. The van der Waals surface area contributed by atoms with Crippen molar-refractivity contribution in [1.29, 1.82) is 0 Å². The maximum Gasteiger partial charge on any atom is 0.135 e. The molecule has 0 aliphatic heterocycles. The van der Waals surface area contributed by atoms with Crippen molar-refractivity contribution >= 4 is 22.6 Å². The van der Waals surface area contributed by atoms with Gasteiger partial charge in [0.1, 0.15) is 12.4 Å². The lowest BCUT2D eigenvalue weighted by Crippen LogP contribution is -1.96. The van der Waals surface area contributed by atoms with Gasteiger partial charge >= 0.3 is 0 Å². The second-order valence-corrected chi connectivity index (χ2v) is 3.26. The first-order chi connectivity index (χ1) is 6.24. The molecule has 0 fully saturated rings. The van der Waals surface area contributed by atoms with Crippen LogP contribution < -0.4 is 0 Å². The minimum atomic E-state index is -0.0679. The first kappa shape index (κ1) is 8.53. The van der Waals surface area contributed by atoms with E-state index in [2.05, 4.69) is 4.98 Å². The molecule has 68 valence electrons. The van der Waals surface area contributed by atoms with Crippen LogP contribution in [0.5, 0.6) is 0 Å². The van der Waals surface area contributed by atoms with Gasteiger partial charge in [0.15, 0.2) is 0 Å². The molecule has 1 N–H and O–H groups in total. The summed E-state index contributed by atoms with van der Waals surface area (Å²) < 4.78 is 1.80. The van der Waals surface area contributed by atoms with Crippen molar-refractivity contribution < 1.29 is 5.11 Å². The fourth-order valence-electron chi connectivity index (χ4n) is 1.41. The Labute approximate surface area is 80.6 Å². The molecule has 0 radical (unpaired) electrons. The Bertz CT molecular complexity index is 450. The molecule has 1 heterocycles. The van der Waals surface area contributed by atoms with Gasteiger partial charge in [0.05, 0.1) is 16.1 Å². The predicted molar refractivity (Wildman–Crippen MR) is 51.6 cm³/mol. The van der Waals surface area contributed by atoms with Crippen molar-refractivity contribution in [2.75, 3.05) is 0 Å². The zero-order valence-electron chi connectivity index (χ0n) is 7.16. The van der Waals surface area contributed by atoms with Gasteiger partial charge in [-0.05, 0) is 12.1 Å². The fourth-order valence-corrected chi connectivity index (χ4v) is 1.71. The number of aliphatic hydroxyl groups excluding tert-OH is 1. The number of aromatic nitrogens is 2. The predicted octanol–water partition coefficient (Wildman–Crippen LogP) is 1.72. The minimum Gasteiger partial charge on any atom is -0.388 e. The van der Waals surface area contributed by atoms with Crippen LogP contribution in [0.2, 0.25) is 5.02 Å². The number of imidazole rings is 1. The molecular formula is C9H9ClN2O. The lowest BCUT2D eigenvalue weighted by molar-refractivity contribution is 0.268. The molecule has 0 amide bonds. The normalized spacial score (nSPS) is 11.0. The third kappa shape index (κ3) is 1.20. The van der Waals surface area contributed by atoms with E-state index in [1.807, 2.05) is 25.2 Å². The molecule has 0 saturated heterocycles. The summed E-state index contributed by atoms with van der Waals surface area (Å²) in [5.74, 6) is 0.628.